The lowest BCUT2D eigenvalue weighted by atomic mass is 10.3. The first-order valence-electron chi connectivity index (χ1n) is 3.62. The monoisotopic (exact) mass is 140 g/mol. The summed E-state index contributed by atoms with van der Waals surface area (Å²) in [7, 11) is 0. The highest BCUT2D eigenvalue weighted by Crippen LogP contribution is 1.86. The molecule has 0 saturated carbocycles. The fourth-order valence-electron chi connectivity index (χ4n) is 0.581. The van der Waals surface area contributed by atoms with Gasteiger partial charge in [-0.25, -0.2) is 0 Å². The number of nitrogens with two attached hydrogens (primary N) is 2. The van der Waals surface area contributed by atoms with Crippen LogP contribution in [0.2, 0.25) is 0 Å². The Kier molecular flexibility index (Phi) is 7.90. The molecule has 0 aliphatic rings. The van der Waals surface area contributed by atoms with E-state index in [0.717, 1.165) is 19.4 Å². The van der Waals surface area contributed by atoms with Crippen molar-refractivity contribution >= 4 is 0 Å². The van der Waals surface area contributed by atoms with Gasteiger partial charge in [0.05, 0.1) is 0 Å². The van der Waals surface area contributed by atoms with E-state index in [4.69, 9.17) is 11.5 Å². The summed E-state index contributed by atoms with van der Waals surface area (Å²) in [5.41, 5.74) is 10.5. The van der Waals surface area contributed by atoms with E-state index in [1.165, 1.54) is 0 Å². The maximum atomic E-state index is 5.28. The Hall–Kier alpha value is -0.600. The molecule has 2 heteroatoms. The van der Waals surface area contributed by atoms with Crippen LogP contribution in [0, 0.1) is 0 Å². The van der Waals surface area contributed by atoms with Crippen LogP contribution in [0.15, 0.2) is 24.3 Å². The van der Waals surface area contributed by atoms with Crippen LogP contribution in [0.4, 0.5) is 0 Å². The standard InChI is InChI=1S/C8H16N2/c9-7-5-3-1-2-4-6-8-10/h1,3-4,6H,2,5,7-10H2. The fraction of sp³-hybridized carbons (Fsp3) is 0.500. The van der Waals surface area contributed by atoms with Gasteiger partial charge in [-0.05, 0) is 19.4 Å². The van der Waals surface area contributed by atoms with Crippen molar-refractivity contribution in [2.75, 3.05) is 13.1 Å². The smallest absolute Gasteiger partial charge is 0.0106 e. The fourth-order valence-corrected chi connectivity index (χ4v) is 0.581. The molecule has 0 amide bonds. The third kappa shape index (κ3) is 7.40. The van der Waals surface area contributed by atoms with E-state index < -0.39 is 0 Å². The van der Waals surface area contributed by atoms with Gasteiger partial charge in [-0.3, -0.25) is 0 Å². The summed E-state index contributed by atoms with van der Waals surface area (Å²) in [5, 5.41) is 0. The molecule has 0 radical (unpaired) electrons. The zero-order valence-electron chi connectivity index (χ0n) is 6.29. The number of hydrogen-bond acceptors (Lipinski definition) is 2. The molecule has 0 saturated heterocycles. The van der Waals surface area contributed by atoms with E-state index in [0.29, 0.717) is 6.54 Å². The molecular formula is C8H16N2. The molecule has 0 aromatic carbocycles. The summed E-state index contributed by atoms with van der Waals surface area (Å²) in [5.74, 6) is 0. The van der Waals surface area contributed by atoms with Crippen LogP contribution in [0.3, 0.4) is 0 Å². The maximum absolute atomic E-state index is 5.28. The SMILES string of the molecule is NCC=CCC=CCCN. The molecule has 0 heterocycles. The topological polar surface area (TPSA) is 52.0 Å². The van der Waals surface area contributed by atoms with Gasteiger partial charge in [0, 0.05) is 6.54 Å². The molecule has 0 spiro atoms. The summed E-state index contributed by atoms with van der Waals surface area (Å²) < 4.78 is 0. The van der Waals surface area contributed by atoms with Gasteiger partial charge in [0.25, 0.3) is 0 Å². The Bertz CT molecular complexity index is 106. The van der Waals surface area contributed by atoms with Crippen molar-refractivity contribution in [2.45, 2.75) is 12.8 Å². The van der Waals surface area contributed by atoms with Crippen molar-refractivity contribution < 1.29 is 0 Å². The lowest BCUT2D eigenvalue weighted by Crippen LogP contribution is -1.94. The first-order chi connectivity index (χ1) is 4.91. The van der Waals surface area contributed by atoms with Crippen LogP contribution in [0.1, 0.15) is 12.8 Å². The predicted octanol–water partition coefficient (Wildman–Crippen LogP) is 0.796. The molecule has 0 bridgehead atoms. The summed E-state index contributed by atoms with van der Waals surface area (Å²) >= 11 is 0. The van der Waals surface area contributed by atoms with Crippen molar-refractivity contribution in [2.24, 2.45) is 11.5 Å². The average molecular weight is 140 g/mol. The highest BCUT2D eigenvalue weighted by atomic mass is 14.5. The van der Waals surface area contributed by atoms with Gasteiger partial charge in [0.1, 0.15) is 0 Å². The maximum Gasteiger partial charge on any atom is 0.0106 e. The number of allylic oxidation sites excluding steroid dienone is 2. The Morgan fingerprint density at radius 3 is 2.20 bits per heavy atom. The van der Waals surface area contributed by atoms with Crippen LogP contribution in [-0.4, -0.2) is 13.1 Å². The molecule has 10 heavy (non-hydrogen) atoms. The zero-order chi connectivity index (χ0) is 7.66. The van der Waals surface area contributed by atoms with Crippen molar-refractivity contribution in [3.63, 3.8) is 0 Å². The molecule has 0 aliphatic carbocycles. The summed E-state index contributed by atoms with van der Waals surface area (Å²) in [6.45, 7) is 1.36. The van der Waals surface area contributed by atoms with Crippen molar-refractivity contribution in [1.82, 2.24) is 0 Å². The van der Waals surface area contributed by atoms with Crippen molar-refractivity contribution in [3.8, 4) is 0 Å². The van der Waals surface area contributed by atoms with Gasteiger partial charge in [0.2, 0.25) is 0 Å². The lowest BCUT2D eigenvalue weighted by molar-refractivity contribution is 1.00. The molecule has 4 N–H and O–H groups in total. The third-order valence-corrected chi connectivity index (χ3v) is 1.07. The van der Waals surface area contributed by atoms with Gasteiger partial charge < -0.3 is 11.5 Å². The molecule has 2 nitrogen and oxygen atoms in total. The van der Waals surface area contributed by atoms with Crippen LogP contribution in [0.25, 0.3) is 0 Å². The highest BCUT2D eigenvalue weighted by Gasteiger charge is 1.71. The summed E-state index contributed by atoms with van der Waals surface area (Å²) in [6, 6.07) is 0. The van der Waals surface area contributed by atoms with Gasteiger partial charge in [-0.1, -0.05) is 24.3 Å². The second-order valence-corrected chi connectivity index (χ2v) is 1.99. The minimum absolute atomic E-state index is 0.630. The van der Waals surface area contributed by atoms with E-state index in [1.54, 1.807) is 0 Å². The molecule has 0 rings (SSSR count). The Balaban J connectivity index is 3.09. The van der Waals surface area contributed by atoms with Gasteiger partial charge in [-0.15, -0.1) is 0 Å². The predicted molar refractivity (Wildman–Crippen MR) is 45.6 cm³/mol. The zero-order valence-corrected chi connectivity index (χ0v) is 6.29. The molecular weight excluding hydrogens is 124 g/mol. The van der Waals surface area contributed by atoms with E-state index in [2.05, 4.69) is 12.2 Å². The quantitative estimate of drug-likeness (QED) is 0.555. The van der Waals surface area contributed by atoms with E-state index in [1.807, 2.05) is 12.2 Å². The summed E-state index contributed by atoms with van der Waals surface area (Å²) in [6.07, 6.45) is 10.1. The minimum Gasteiger partial charge on any atom is -0.330 e. The van der Waals surface area contributed by atoms with E-state index in [9.17, 15) is 0 Å². The minimum atomic E-state index is 0.630. The van der Waals surface area contributed by atoms with Crippen molar-refractivity contribution in [3.05, 3.63) is 24.3 Å². The second kappa shape index (κ2) is 8.40. The Morgan fingerprint density at radius 2 is 1.60 bits per heavy atom. The molecule has 0 aromatic heterocycles. The summed E-state index contributed by atoms with van der Waals surface area (Å²) in [4.78, 5) is 0. The van der Waals surface area contributed by atoms with E-state index >= 15 is 0 Å². The number of hydrogen-bond donors (Lipinski definition) is 2. The third-order valence-electron chi connectivity index (χ3n) is 1.07. The van der Waals surface area contributed by atoms with Crippen LogP contribution in [-0.2, 0) is 0 Å². The van der Waals surface area contributed by atoms with Gasteiger partial charge in [-0.2, -0.15) is 0 Å². The van der Waals surface area contributed by atoms with Crippen LogP contribution < -0.4 is 11.5 Å². The molecule has 0 unspecified atom stereocenters. The van der Waals surface area contributed by atoms with Crippen molar-refractivity contribution in [1.29, 1.82) is 0 Å². The van der Waals surface area contributed by atoms with Gasteiger partial charge >= 0.3 is 0 Å². The normalized spacial score (nSPS) is 11.8. The molecule has 0 aliphatic heterocycles. The highest BCUT2D eigenvalue weighted by molar-refractivity contribution is 4.93. The van der Waals surface area contributed by atoms with Crippen LogP contribution >= 0.6 is 0 Å². The van der Waals surface area contributed by atoms with Gasteiger partial charge in [0.15, 0.2) is 0 Å². The van der Waals surface area contributed by atoms with Crippen LogP contribution in [0.5, 0.6) is 0 Å². The Labute approximate surface area is 62.6 Å². The molecule has 0 fully saturated rings. The lowest BCUT2D eigenvalue weighted by Gasteiger charge is -1.83. The Morgan fingerprint density at radius 1 is 0.900 bits per heavy atom. The number of rotatable bonds is 5. The average Bonchev–Trinajstić information content (AvgIpc) is 1.97. The molecule has 58 valence electrons. The largest absolute Gasteiger partial charge is 0.330 e. The first-order valence-corrected chi connectivity index (χ1v) is 3.62. The molecule has 0 atom stereocenters. The second-order valence-electron chi connectivity index (χ2n) is 1.99. The van der Waals surface area contributed by atoms with E-state index in [-0.39, 0.29) is 0 Å². The first kappa shape index (κ1) is 9.40. The molecule has 0 aromatic rings.